The summed E-state index contributed by atoms with van der Waals surface area (Å²) in [6.07, 6.45) is 0. The van der Waals surface area contributed by atoms with E-state index in [2.05, 4.69) is 21.2 Å². The molecule has 0 heterocycles. The first-order valence-electron chi connectivity index (χ1n) is 4.36. The van der Waals surface area contributed by atoms with Gasteiger partial charge in [-0.25, -0.2) is 4.39 Å². The molecular weight excluding hydrogens is 320 g/mol. The molecule has 2 nitrogen and oxygen atoms in total. The van der Waals surface area contributed by atoms with Crippen LogP contribution in [0.1, 0.15) is 13.8 Å². The quantitative estimate of drug-likeness (QED) is 0.638. The number of halogens is 4. The van der Waals surface area contributed by atoms with Crippen molar-refractivity contribution in [1.82, 2.24) is 0 Å². The minimum Gasteiger partial charge on any atom is -0.325 e. The van der Waals surface area contributed by atoms with E-state index in [4.69, 9.17) is 23.2 Å². The van der Waals surface area contributed by atoms with Gasteiger partial charge in [0.1, 0.15) is 0 Å². The molecule has 1 rings (SSSR count). The molecule has 16 heavy (non-hydrogen) atoms. The van der Waals surface area contributed by atoms with Crippen LogP contribution in [0.3, 0.4) is 0 Å². The van der Waals surface area contributed by atoms with E-state index in [0.29, 0.717) is 5.69 Å². The number of hydrogen-bond acceptors (Lipinski definition) is 1. The molecule has 0 unspecified atom stereocenters. The van der Waals surface area contributed by atoms with Crippen LogP contribution in [-0.4, -0.2) is 10.2 Å². The number of hydrogen-bond donors (Lipinski definition) is 1. The van der Waals surface area contributed by atoms with E-state index in [1.807, 2.05) is 0 Å². The van der Waals surface area contributed by atoms with E-state index in [-0.39, 0.29) is 16.0 Å². The molecule has 0 fully saturated rings. The van der Waals surface area contributed by atoms with Crippen LogP contribution in [0.2, 0.25) is 10.0 Å². The predicted octanol–water partition coefficient (Wildman–Crippen LogP) is 4.24. The normalized spacial score (nSPS) is 11.4. The molecule has 0 aliphatic carbocycles. The molecule has 88 valence electrons. The Hall–Kier alpha value is -0.320. The van der Waals surface area contributed by atoms with Gasteiger partial charge < -0.3 is 5.32 Å². The van der Waals surface area contributed by atoms with Gasteiger partial charge in [-0.1, -0.05) is 39.1 Å². The highest BCUT2D eigenvalue weighted by atomic mass is 79.9. The van der Waals surface area contributed by atoms with Gasteiger partial charge >= 0.3 is 0 Å². The van der Waals surface area contributed by atoms with Gasteiger partial charge in [-0.3, -0.25) is 4.79 Å². The molecule has 1 aromatic carbocycles. The second kappa shape index (κ2) is 4.90. The first kappa shape index (κ1) is 13.7. The molecule has 0 atom stereocenters. The number of anilines is 1. The molecule has 1 aromatic rings. The highest BCUT2D eigenvalue weighted by Crippen LogP contribution is 2.28. The van der Waals surface area contributed by atoms with Crippen molar-refractivity contribution < 1.29 is 9.18 Å². The Morgan fingerprint density at radius 1 is 1.38 bits per heavy atom. The van der Waals surface area contributed by atoms with Crippen LogP contribution in [0.15, 0.2) is 12.1 Å². The molecule has 1 N–H and O–H groups in total. The van der Waals surface area contributed by atoms with Crippen LogP contribution in [-0.2, 0) is 4.79 Å². The number of nitrogens with one attached hydrogen (secondary N) is 1. The summed E-state index contributed by atoms with van der Waals surface area (Å²) in [6, 6.07) is 2.61. The summed E-state index contributed by atoms with van der Waals surface area (Å²) < 4.78 is 12.4. The summed E-state index contributed by atoms with van der Waals surface area (Å²) in [6.45, 7) is 3.38. The minimum absolute atomic E-state index is 0.129. The van der Waals surface area contributed by atoms with Crippen LogP contribution in [0.5, 0.6) is 0 Å². The Kier molecular flexibility index (Phi) is 4.21. The summed E-state index contributed by atoms with van der Waals surface area (Å²) in [7, 11) is 0. The van der Waals surface area contributed by atoms with E-state index >= 15 is 0 Å². The van der Waals surface area contributed by atoms with E-state index in [0.717, 1.165) is 0 Å². The first-order chi connectivity index (χ1) is 7.21. The molecule has 1 amide bonds. The third-order valence-corrected chi connectivity index (χ3v) is 2.69. The van der Waals surface area contributed by atoms with Gasteiger partial charge in [0.2, 0.25) is 5.91 Å². The smallest absolute Gasteiger partial charge is 0.240 e. The van der Waals surface area contributed by atoms with E-state index in [1.54, 1.807) is 13.8 Å². The number of carbonyl (C=O) groups excluding carboxylic acids is 1. The molecule has 6 heteroatoms. The minimum atomic E-state index is -0.722. The maximum atomic E-state index is 13.1. The molecule has 0 saturated heterocycles. The van der Waals surface area contributed by atoms with Gasteiger partial charge in [0.25, 0.3) is 0 Å². The van der Waals surface area contributed by atoms with Crippen molar-refractivity contribution in [2.45, 2.75) is 18.2 Å². The average Bonchev–Trinajstić information content (AvgIpc) is 2.12. The highest BCUT2D eigenvalue weighted by molar-refractivity contribution is 9.10. The average molecular weight is 329 g/mol. The Labute approximate surface area is 111 Å². The van der Waals surface area contributed by atoms with Crippen molar-refractivity contribution >= 4 is 50.7 Å². The van der Waals surface area contributed by atoms with Gasteiger partial charge in [0.05, 0.1) is 14.4 Å². The van der Waals surface area contributed by atoms with Gasteiger partial charge in [0.15, 0.2) is 5.82 Å². The van der Waals surface area contributed by atoms with Crippen molar-refractivity contribution in [1.29, 1.82) is 0 Å². The Bertz CT molecular complexity index is 408. The number of benzene rings is 1. The zero-order valence-electron chi connectivity index (χ0n) is 8.57. The summed E-state index contributed by atoms with van der Waals surface area (Å²) in [5, 5.41) is 2.31. The van der Waals surface area contributed by atoms with Crippen molar-refractivity contribution in [3.05, 3.63) is 28.0 Å². The molecule has 0 radical (unpaired) electrons. The topological polar surface area (TPSA) is 29.1 Å². The van der Waals surface area contributed by atoms with Gasteiger partial charge in [-0.05, 0) is 26.0 Å². The standard InChI is InChI=1S/C10H9BrCl2FNO/c1-10(2,11)9(16)15-5-3-6(12)8(14)7(13)4-5/h3-4H,1-2H3,(H,15,16). The Morgan fingerprint density at radius 3 is 2.19 bits per heavy atom. The Morgan fingerprint density at radius 2 is 1.81 bits per heavy atom. The maximum Gasteiger partial charge on any atom is 0.240 e. The Balaban J connectivity index is 2.96. The zero-order chi connectivity index (χ0) is 12.5. The fourth-order valence-corrected chi connectivity index (χ4v) is 1.49. The van der Waals surface area contributed by atoms with Crippen LogP contribution in [0, 0.1) is 5.82 Å². The van der Waals surface area contributed by atoms with E-state index in [9.17, 15) is 9.18 Å². The van der Waals surface area contributed by atoms with Crippen molar-refractivity contribution in [2.75, 3.05) is 5.32 Å². The lowest BCUT2D eigenvalue weighted by Crippen LogP contribution is -2.30. The third kappa shape index (κ3) is 3.34. The molecule has 0 aromatic heterocycles. The number of alkyl halides is 1. The number of amides is 1. The fraction of sp³-hybridized carbons (Fsp3) is 0.300. The number of carbonyl (C=O) groups is 1. The molecular formula is C10H9BrCl2FNO. The third-order valence-electron chi connectivity index (χ3n) is 1.78. The van der Waals surface area contributed by atoms with Crippen molar-refractivity contribution in [3.63, 3.8) is 0 Å². The predicted molar refractivity (Wildman–Crippen MR) is 68.1 cm³/mol. The van der Waals surface area contributed by atoms with Gasteiger partial charge in [0, 0.05) is 5.69 Å². The lowest BCUT2D eigenvalue weighted by atomic mass is 10.2. The van der Waals surface area contributed by atoms with Crippen molar-refractivity contribution in [3.8, 4) is 0 Å². The lowest BCUT2D eigenvalue weighted by molar-refractivity contribution is -0.117. The van der Waals surface area contributed by atoms with E-state index in [1.165, 1.54) is 12.1 Å². The van der Waals surface area contributed by atoms with Gasteiger partial charge in [-0.15, -0.1) is 0 Å². The van der Waals surface area contributed by atoms with Crippen LogP contribution >= 0.6 is 39.1 Å². The molecule has 0 aliphatic heterocycles. The van der Waals surface area contributed by atoms with Crippen LogP contribution in [0.4, 0.5) is 10.1 Å². The van der Waals surface area contributed by atoms with E-state index < -0.39 is 10.1 Å². The molecule has 0 saturated carbocycles. The second-order valence-corrected chi connectivity index (χ2v) is 6.48. The fourth-order valence-electron chi connectivity index (χ4n) is 0.907. The highest BCUT2D eigenvalue weighted by Gasteiger charge is 2.24. The molecule has 0 aliphatic rings. The second-order valence-electron chi connectivity index (χ2n) is 3.68. The first-order valence-corrected chi connectivity index (χ1v) is 5.91. The monoisotopic (exact) mass is 327 g/mol. The van der Waals surface area contributed by atoms with Crippen LogP contribution < -0.4 is 5.32 Å². The molecule has 0 bridgehead atoms. The summed E-state index contributed by atoms with van der Waals surface area (Å²) in [5.41, 5.74) is 0.355. The summed E-state index contributed by atoms with van der Waals surface area (Å²) in [5.74, 6) is -0.967. The summed E-state index contributed by atoms with van der Waals surface area (Å²) >= 11 is 14.4. The molecule has 0 spiro atoms. The maximum absolute atomic E-state index is 13.1. The SMILES string of the molecule is CC(C)(Br)C(=O)Nc1cc(Cl)c(F)c(Cl)c1. The number of rotatable bonds is 2. The lowest BCUT2D eigenvalue weighted by Gasteiger charge is -2.16. The zero-order valence-corrected chi connectivity index (χ0v) is 11.7. The largest absolute Gasteiger partial charge is 0.325 e. The van der Waals surface area contributed by atoms with Crippen molar-refractivity contribution in [2.24, 2.45) is 0 Å². The van der Waals surface area contributed by atoms with Gasteiger partial charge in [-0.2, -0.15) is 0 Å². The summed E-state index contributed by atoms with van der Waals surface area (Å²) in [4.78, 5) is 11.6. The van der Waals surface area contributed by atoms with Crippen LogP contribution in [0.25, 0.3) is 0 Å².